The standard InChI is InChI=1S/C99H157N17O21/c1-4-6-8-10-12-14-16-18-20-22-24-26-28-47-84(120)104-57-37-32-45-78(111-85(121)48-29-27-25-23-21-19-17-15-13-11-9-7-5-2)94(131)115-80(42-31-36-56-101)96(133)116-79(41-30-35-55-100)95(132)113-77(93(130)109-66-88(125)126)44-34-39-59-106-91(128)76(114-97(134)81(64-87(123)124)112-86(122)65-108-92(129)75(110-67(3)117)46-40-60-107-99(102)103)43-33-38-58-105-90(127)68-49-52-71(74(61-68)98(135)136)89-72-53-50-69(118)62-82(72)137-83-63-70(119)51-54-73(83)89/h49-54,61-63,75-81,118H,4-48,55-60,64-66,100-101H2,1-3H3,(H,104,120)(H,105,127)(H,106,128)(H,108,129)(H,109,130)(H,110,117)(H,111,121)(H,112,122)(H,113,132)(H,114,134)(H,115,131)(H,116,133)(H,123,124)(H,125,126)(H,135,136)(H4,102,103,107). The topological polar surface area (TPSA) is 625 Å². The largest absolute Gasteiger partial charge is 0.508 e. The molecule has 2 aliphatic rings. The zero-order valence-electron chi connectivity index (χ0n) is 80.9. The molecule has 24 N–H and O–H groups in total. The van der Waals surface area contributed by atoms with Crippen molar-refractivity contribution in [1.82, 2.24) is 69.1 Å². The summed E-state index contributed by atoms with van der Waals surface area (Å²) < 4.78 is 5.94. The highest BCUT2D eigenvalue weighted by atomic mass is 16.4. The van der Waals surface area contributed by atoms with Gasteiger partial charge in [0, 0.05) is 80.2 Å². The van der Waals surface area contributed by atoms with Crippen molar-refractivity contribution in [1.29, 1.82) is 5.41 Å². The number of guanidine groups is 1. The number of benzene rings is 3. The highest BCUT2D eigenvalue weighted by molar-refractivity contribution is 6.09. The van der Waals surface area contributed by atoms with Crippen molar-refractivity contribution in [3.8, 4) is 28.2 Å². The molecule has 0 bridgehead atoms. The van der Waals surface area contributed by atoms with Gasteiger partial charge in [-0.25, -0.2) is 4.79 Å². The van der Waals surface area contributed by atoms with Crippen molar-refractivity contribution in [2.24, 2.45) is 17.2 Å². The van der Waals surface area contributed by atoms with Gasteiger partial charge in [-0.05, 0) is 177 Å². The van der Waals surface area contributed by atoms with Gasteiger partial charge in [0.05, 0.1) is 18.5 Å². The van der Waals surface area contributed by atoms with Gasteiger partial charge in [-0.1, -0.05) is 174 Å². The SMILES string of the molecule is CCCCCCCCCCCCCCCC(=O)NCCCCC(NC(=O)CCCCCCCCCCCCCCC)C(=O)NC(CCCCN)C(=O)NC(CCCCN)C(=O)NC(CCCCNC(=O)C(CCCCNC(=O)c1ccc(-c2c3ccc(=O)cc-3oc3cc(O)ccc23)c(C(=O)O)c1)NC(=O)C(CC(=O)O)NC(=O)CNC(=O)C(CCCNC(=N)N)NC(C)=O)C(=O)NCC(=O)O. The molecule has 764 valence electrons. The minimum absolute atomic E-state index is 0.0176. The average Bonchev–Trinajstić information content (AvgIpc) is 0.745. The number of carboxylic acids is 3. The van der Waals surface area contributed by atoms with Crippen LogP contribution in [0.4, 0.5) is 0 Å². The van der Waals surface area contributed by atoms with E-state index in [-0.39, 0.29) is 161 Å². The van der Waals surface area contributed by atoms with Gasteiger partial charge < -0.3 is 111 Å². The number of nitrogens with two attached hydrogens (primary N) is 3. The van der Waals surface area contributed by atoms with Crippen LogP contribution in [0.3, 0.4) is 0 Å². The summed E-state index contributed by atoms with van der Waals surface area (Å²) in [6, 6.07) is 2.39. The second kappa shape index (κ2) is 69.9. The van der Waals surface area contributed by atoms with Gasteiger partial charge in [0.2, 0.25) is 65.0 Å². The lowest BCUT2D eigenvalue weighted by Gasteiger charge is -2.27. The number of fused-ring (bicyclic) bond motifs is 2. The molecule has 38 heteroatoms. The van der Waals surface area contributed by atoms with Crippen LogP contribution in [0, 0.1) is 5.41 Å². The molecular weight excluding hydrogens is 1760 g/mol. The molecule has 4 rings (SSSR count). The Morgan fingerprint density at radius 2 is 0.774 bits per heavy atom. The highest BCUT2D eigenvalue weighted by Gasteiger charge is 2.34. The Kier molecular flexibility index (Phi) is 59.9. The molecule has 0 fully saturated rings. The molecule has 2 aromatic carbocycles. The van der Waals surface area contributed by atoms with E-state index in [0.717, 1.165) is 64.4 Å². The molecule has 2 aromatic rings. The maximum Gasteiger partial charge on any atom is 0.336 e. The molecule has 38 nitrogen and oxygen atoms in total. The smallest absolute Gasteiger partial charge is 0.336 e. The third-order valence-corrected chi connectivity index (χ3v) is 23.8. The van der Waals surface area contributed by atoms with Gasteiger partial charge in [-0.15, -0.1) is 0 Å². The molecule has 0 spiro atoms. The monoisotopic (exact) mass is 1920 g/mol. The van der Waals surface area contributed by atoms with Gasteiger partial charge in [0.25, 0.3) is 5.91 Å². The maximum absolute atomic E-state index is 14.7. The second-order valence-corrected chi connectivity index (χ2v) is 35.5. The predicted molar refractivity (Wildman–Crippen MR) is 524 cm³/mol. The van der Waals surface area contributed by atoms with E-state index >= 15 is 0 Å². The lowest BCUT2D eigenvalue weighted by atomic mass is 9.90. The second-order valence-electron chi connectivity index (χ2n) is 35.5. The number of carbonyl (C=O) groups excluding carboxylic acids is 12. The van der Waals surface area contributed by atoms with E-state index in [0.29, 0.717) is 74.4 Å². The van der Waals surface area contributed by atoms with Crippen LogP contribution in [-0.4, -0.2) is 210 Å². The van der Waals surface area contributed by atoms with Crippen LogP contribution in [0.5, 0.6) is 5.75 Å². The molecular formula is C99H157N17O21. The summed E-state index contributed by atoms with van der Waals surface area (Å²) in [5.41, 5.74) is 17.4. The number of amides is 12. The fourth-order valence-electron chi connectivity index (χ4n) is 16.1. The van der Waals surface area contributed by atoms with E-state index in [1.54, 1.807) is 0 Å². The van der Waals surface area contributed by atoms with Gasteiger partial charge in [-0.2, -0.15) is 0 Å². The summed E-state index contributed by atoms with van der Waals surface area (Å²) in [4.78, 5) is 215. The Labute approximate surface area is 805 Å². The minimum Gasteiger partial charge on any atom is -0.508 e. The first-order valence-electron chi connectivity index (χ1n) is 49.8. The van der Waals surface area contributed by atoms with Gasteiger partial charge in [-0.3, -0.25) is 77.3 Å². The number of carbonyl (C=O) groups is 15. The Balaban J connectivity index is 1.53. The minimum atomic E-state index is -1.87. The number of aromatic carboxylic acids is 1. The molecule has 1 aliphatic heterocycles. The van der Waals surface area contributed by atoms with Crippen molar-refractivity contribution in [2.45, 2.75) is 358 Å². The number of phenolic OH excluding ortho intramolecular Hbond substituents is 1. The third-order valence-electron chi connectivity index (χ3n) is 23.8. The molecule has 12 amide bonds. The molecule has 1 aliphatic carbocycles. The van der Waals surface area contributed by atoms with E-state index in [1.807, 2.05) is 0 Å². The van der Waals surface area contributed by atoms with Crippen LogP contribution < -0.4 is 91.7 Å². The first kappa shape index (κ1) is 117. The lowest BCUT2D eigenvalue weighted by molar-refractivity contribution is -0.141. The average molecular weight is 1920 g/mol. The number of unbranched alkanes of at least 4 members (excludes halogenated alkanes) is 29. The zero-order chi connectivity index (χ0) is 100. The van der Waals surface area contributed by atoms with Crippen molar-refractivity contribution in [2.75, 3.05) is 52.4 Å². The van der Waals surface area contributed by atoms with Crippen LogP contribution in [0.25, 0.3) is 33.4 Å². The quantitative estimate of drug-likeness (QED) is 0.00847. The molecule has 7 atom stereocenters. The van der Waals surface area contributed by atoms with E-state index in [9.17, 15) is 97.1 Å². The van der Waals surface area contributed by atoms with Crippen LogP contribution in [0.1, 0.15) is 337 Å². The maximum atomic E-state index is 14.7. The summed E-state index contributed by atoms with van der Waals surface area (Å²) in [7, 11) is 0. The number of aliphatic carboxylic acids is 2. The Hall–Kier alpha value is -11.8. The molecule has 0 saturated heterocycles. The molecule has 0 saturated carbocycles. The van der Waals surface area contributed by atoms with Gasteiger partial charge in [0.15, 0.2) is 11.4 Å². The Morgan fingerprint density at radius 3 is 1.24 bits per heavy atom. The number of hydrogen-bond donors (Lipinski definition) is 21. The molecule has 0 aromatic heterocycles. The summed E-state index contributed by atoms with van der Waals surface area (Å²) >= 11 is 0. The fraction of sp³-hybridized carbons (Fsp3) is 0.646. The highest BCUT2D eigenvalue weighted by Crippen LogP contribution is 2.42. The molecule has 7 unspecified atom stereocenters. The van der Waals surface area contributed by atoms with Crippen LogP contribution in [0.15, 0.2) is 63.8 Å². The molecule has 1 heterocycles. The van der Waals surface area contributed by atoms with Crippen LogP contribution >= 0.6 is 0 Å². The van der Waals surface area contributed by atoms with E-state index < -0.39 is 144 Å². The van der Waals surface area contributed by atoms with Crippen molar-refractivity contribution in [3.63, 3.8) is 0 Å². The number of hydrogen-bond acceptors (Lipinski definition) is 21. The van der Waals surface area contributed by atoms with Crippen molar-refractivity contribution in [3.05, 3.63) is 75.9 Å². The summed E-state index contributed by atoms with van der Waals surface area (Å²) in [5.74, 6) is -13.6. The van der Waals surface area contributed by atoms with Crippen molar-refractivity contribution >= 4 is 106 Å². The first-order chi connectivity index (χ1) is 65.9. The number of aromatic hydroxyl groups is 1. The number of phenols is 1. The summed E-state index contributed by atoms with van der Waals surface area (Å²) in [6.45, 7) is 4.60. The number of rotatable bonds is 78. The molecule has 137 heavy (non-hydrogen) atoms. The summed E-state index contributed by atoms with van der Waals surface area (Å²) in [5, 5.41) is 82.3. The Bertz CT molecular complexity index is 4450. The van der Waals surface area contributed by atoms with E-state index in [1.165, 1.54) is 158 Å². The van der Waals surface area contributed by atoms with Gasteiger partial charge in [0.1, 0.15) is 65.9 Å². The zero-order valence-corrected chi connectivity index (χ0v) is 80.9. The summed E-state index contributed by atoms with van der Waals surface area (Å²) in [6.07, 6.45) is 32.3. The van der Waals surface area contributed by atoms with Gasteiger partial charge >= 0.3 is 17.9 Å². The van der Waals surface area contributed by atoms with Crippen LogP contribution in [0.2, 0.25) is 0 Å². The lowest BCUT2D eigenvalue weighted by Crippen LogP contribution is -2.58. The van der Waals surface area contributed by atoms with E-state index in [4.69, 9.17) is 27.0 Å². The normalized spacial score (nSPS) is 12.7. The first-order valence-corrected chi connectivity index (χ1v) is 49.8. The van der Waals surface area contributed by atoms with E-state index in [2.05, 4.69) is 83.0 Å². The third kappa shape index (κ3) is 50.2. The fourth-order valence-corrected chi connectivity index (χ4v) is 16.1. The van der Waals surface area contributed by atoms with Crippen LogP contribution in [-0.2, 0) is 62.3 Å². The Morgan fingerprint density at radius 1 is 0.372 bits per heavy atom. The number of carboxylic acid groups (broad SMARTS) is 3. The number of nitrogens with one attached hydrogen (secondary N) is 14. The van der Waals surface area contributed by atoms with Crippen molar-refractivity contribution < 1.29 is 96.8 Å². The molecule has 0 radical (unpaired) electrons. The predicted octanol–water partition coefficient (Wildman–Crippen LogP) is 9.13.